The number of aryl methyl sites for hydroxylation is 2. The number of aromatic nitrogens is 1. The zero-order chi connectivity index (χ0) is 21.6. The van der Waals surface area contributed by atoms with Gasteiger partial charge in [-0.2, -0.15) is 4.31 Å². The number of nitrogens with one attached hydrogen (secondary N) is 3. The van der Waals surface area contributed by atoms with Crippen molar-refractivity contribution >= 4 is 50.3 Å². The van der Waals surface area contributed by atoms with Gasteiger partial charge in [-0.15, -0.1) is 11.3 Å². The number of hydrazine groups is 1. The Labute approximate surface area is 180 Å². The third-order valence-corrected chi connectivity index (χ3v) is 7.20. The lowest BCUT2D eigenvalue weighted by molar-refractivity contribution is -0.121. The Kier molecular flexibility index (Phi) is 8.08. The molecule has 29 heavy (non-hydrogen) atoms. The number of anilines is 1. The Morgan fingerprint density at radius 3 is 2.48 bits per heavy atom. The molecule has 0 aliphatic heterocycles. The molecular formula is C18H25N5O3S3. The van der Waals surface area contributed by atoms with Crippen molar-refractivity contribution in [1.29, 1.82) is 0 Å². The number of nitrogens with zero attached hydrogens (tertiary/aromatic N) is 2. The number of hydrogen-bond acceptors (Lipinski definition) is 6. The fourth-order valence-corrected chi connectivity index (χ4v) is 4.85. The molecule has 1 heterocycles. The van der Waals surface area contributed by atoms with Gasteiger partial charge in [0, 0.05) is 24.2 Å². The maximum atomic E-state index is 12.7. The summed E-state index contributed by atoms with van der Waals surface area (Å²) in [6.45, 7) is 8.08. The van der Waals surface area contributed by atoms with Crippen molar-refractivity contribution < 1.29 is 13.2 Å². The van der Waals surface area contributed by atoms with Crippen LogP contribution in [-0.4, -0.2) is 41.8 Å². The average Bonchev–Trinajstić information content (AvgIpc) is 3.07. The van der Waals surface area contributed by atoms with Crippen LogP contribution in [0.5, 0.6) is 0 Å². The summed E-state index contributed by atoms with van der Waals surface area (Å²) in [5.74, 6) is -0.283. The molecule has 0 fully saturated rings. The Balaban J connectivity index is 2.01. The quantitative estimate of drug-likeness (QED) is 0.435. The van der Waals surface area contributed by atoms with E-state index in [1.165, 1.54) is 21.7 Å². The first-order valence-corrected chi connectivity index (χ1v) is 11.8. The van der Waals surface area contributed by atoms with Crippen molar-refractivity contribution in [1.82, 2.24) is 20.1 Å². The lowest BCUT2D eigenvalue weighted by Gasteiger charge is -2.20. The van der Waals surface area contributed by atoms with Crippen molar-refractivity contribution in [3.63, 3.8) is 0 Å². The first kappa shape index (κ1) is 23.2. The van der Waals surface area contributed by atoms with Gasteiger partial charge in [-0.1, -0.05) is 19.9 Å². The summed E-state index contributed by atoms with van der Waals surface area (Å²) in [7, 11) is -3.58. The second-order valence-electron chi connectivity index (χ2n) is 6.23. The van der Waals surface area contributed by atoms with Crippen LogP contribution in [-0.2, 0) is 21.2 Å². The van der Waals surface area contributed by atoms with Crippen LogP contribution >= 0.6 is 23.6 Å². The summed E-state index contributed by atoms with van der Waals surface area (Å²) in [6, 6.07) is 4.82. The van der Waals surface area contributed by atoms with Crippen molar-refractivity contribution in [2.24, 2.45) is 0 Å². The molecule has 1 amide bonds. The van der Waals surface area contributed by atoms with Crippen LogP contribution < -0.4 is 16.2 Å². The van der Waals surface area contributed by atoms with E-state index in [1.54, 1.807) is 26.0 Å². The number of thiocarbonyl (C=S) groups is 1. The standard InChI is InChI=1S/C18H25N5O3S3/c1-5-23(6-2)29(25,26)15-8-7-12(3)16(10-15)20-18(27)22-21-17(24)9-14-11-28-13(4)19-14/h7-8,10-11H,5-6,9H2,1-4H3,(H,21,24)(H2,20,22,27). The zero-order valence-electron chi connectivity index (χ0n) is 16.8. The van der Waals surface area contributed by atoms with Crippen LogP contribution in [0.1, 0.15) is 30.1 Å². The predicted octanol–water partition coefficient (Wildman–Crippen LogP) is 2.35. The van der Waals surface area contributed by atoms with Gasteiger partial charge < -0.3 is 5.32 Å². The molecule has 0 bridgehead atoms. The molecule has 11 heteroatoms. The molecule has 0 atom stereocenters. The molecule has 158 valence electrons. The zero-order valence-corrected chi connectivity index (χ0v) is 19.2. The number of thiazole rings is 1. The Bertz CT molecular complexity index is 984. The Morgan fingerprint density at radius 2 is 1.90 bits per heavy atom. The van der Waals surface area contributed by atoms with Crippen molar-refractivity contribution in [2.45, 2.75) is 39.0 Å². The molecule has 0 aliphatic rings. The van der Waals surface area contributed by atoms with Gasteiger partial charge in [-0.3, -0.25) is 15.6 Å². The molecule has 0 unspecified atom stereocenters. The van der Waals surface area contributed by atoms with Crippen LogP contribution in [0.25, 0.3) is 0 Å². The van der Waals surface area contributed by atoms with Crippen LogP contribution in [0.4, 0.5) is 5.69 Å². The van der Waals surface area contributed by atoms with Gasteiger partial charge in [0.2, 0.25) is 15.9 Å². The monoisotopic (exact) mass is 455 g/mol. The van der Waals surface area contributed by atoms with Crippen molar-refractivity contribution in [3.8, 4) is 0 Å². The highest BCUT2D eigenvalue weighted by molar-refractivity contribution is 7.89. The molecule has 0 saturated carbocycles. The highest BCUT2D eigenvalue weighted by Gasteiger charge is 2.22. The highest BCUT2D eigenvalue weighted by Crippen LogP contribution is 2.23. The lowest BCUT2D eigenvalue weighted by atomic mass is 10.2. The van der Waals surface area contributed by atoms with E-state index in [4.69, 9.17) is 12.2 Å². The van der Waals surface area contributed by atoms with E-state index in [-0.39, 0.29) is 22.3 Å². The van der Waals surface area contributed by atoms with Gasteiger partial charge in [0.05, 0.1) is 22.0 Å². The maximum Gasteiger partial charge on any atom is 0.244 e. The minimum absolute atomic E-state index is 0.135. The first-order chi connectivity index (χ1) is 13.7. The number of carbonyl (C=O) groups is 1. The largest absolute Gasteiger partial charge is 0.331 e. The van der Waals surface area contributed by atoms with Crippen LogP contribution in [0.3, 0.4) is 0 Å². The summed E-state index contributed by atoms with van der Waals surface area (Å²) in [5, 5.41) is 5.80. The summed E-state index contributed by atoms with van der Waals surface area (Å²) in [4.78, 5) is 16.4. The van der Waals surface area contributed by atoms with Gasteiger partial charge in [0.25, 0.3) is 0 Å². The Hall–Kier alpha value is -2.08. The van der Waals surface area contributed by atoms with E-state index in [2.05, 4.69) is 21.2 Å². The number of sulfonamides is 1. The van der Waals surface area contributed by atoms with E-state index >= 15 is 0 Å². The van der Waals surface area contributed by atoms with Crippen molar-refractivity contribution in [3.05, 3.63) is 39.8 Å². The highest BCUT2D eigenvalue weighted by atomic mass is 32.2. The van der Waals surface area contributed by atoms with Crippen molar-refractivity contribution in [2.75, 3.05) is 18.4 Å². The first-order valence-electron chi connectivity index (χ1n) is 9.05. The van der Waals surface area contributed by atoms with E-state index in [0.717, 1.165) is 10.6 Å². The summed E-state index contributed by atoms with van der Waals surface area (Å²) in [5.41, 5.74) is 7.18. The predicted molar refractivity (Wildman–Crippen MR) is 119 cm³/mol. The smallest absolute Gasteiger partial charge is 0.244 e. The number of carbonyl (C=O) groups excluding carboxylic acids is 1. The van der Waals surface area contributed by atoms with E-state index in [9.17, 15) is 13.2 Å². The van der Waals surface area contributed by atoms with Crippen LogP contribution in [0.2, 0.25) is 0 Å². The lowest BCUT2D eigenvalue weighted by Crippen LogP contribution is -2.44. The minimum Gasteiger partial charge on any atom is -0.331 e. The molecule has 0 aliphatic carbocycles. The molecule has 2 aromatic rings. The second kappa shape index (κ2) is 10.1. The minimum atomic E-state index is -3.58. The molecule has 1 aromatic heterocycles. The average molecular weight is 456 g/mol. The normalized spacial score (nSPS) is 11.3. The fourth-order valence-electron chi connectivity index (χ4n) is 2.59. The van der Waals surface area contributed by atoms with Gasteiger partial charge in [-0.25, -0.2) is 13.4 Å². The van der Waals surface area contributed by atoms with Crippen LogP contribution in [0.15, 0.2) is 28.5 Å². The summed E-state index contributed by atoms with van der Waals surface area (Å²) in [6.07, 6.45) is 0.135. The molecule has 0 spiro atoms. The molecule has 0 radical (unpaired) electrons. The molecule has 3 N–H and O–H groups in total. The van der Waals surface area contributed by atoms with E-state index in [0.29, 0.717) is 24.5 Å². The molecule has 1 aromatic carbocycles. The van der Waals surface area contributed by atoms with Crippen LogP contribution in [0, 0.1) is 13.8 Å². The maximum absolute atomic E-state index is 12.7. The van der Waals surface area contributed by atoms with Gasteiger partial charge in [0.15, 0.2) is 5.11 Å². The fraction of sp³-hybridized carbons (Fsp3) is 0.389. The molecule has 2 rings (SSSR count). The second-order valence-corrected chi connectivity index (χ2v) is 9.64. The number of rotatable bonds is 7. The third-order valence-electron chi connectivity index (χ3n) is 4.12. The third kappa shape index (κ3) is 6.20. The van der Waals surface area contributed by atoms with Gasteiger partial charge >= 0.3 is 0 Å². The topological polar surface area (TPSA) is 103 Å². The number of benzene rings is 1. The molecular weight excluding hydrogens is 430 g/mol. The van der Waals surface area contributed by atoms with Gasteiger partial charge in [0.1, 0.15) is 0 Å². The summed E-state index contributed by atoms with van der Waals surface area (Å²) >= 11 is 6.69. The Morgan fingerprint density at radius 1 is 1.21 bits per heavy atom. The van der Waals surface area contributed by atoms with E-state index < -0.39 is 10.0 Å². The molecule has 8 nitrogen and oxygen atoms in total. The SMILES string of the molecule is CCN(CC)S(=O)(=O)c1ccc(C)c(NC(=S)NNC(=O)Cc2csc(C)n2)c1. The number of amides is 1. The molecule has 0 saturated heterocycles. The summed E-state index contributed by atoms with van der Waals surface area (Å²) < 4.78 is 26.8. The van der Waals surface area contributed by atoms with E-state index in [1.807, 2.05) is 19.2 Å². The number of hydrogen-bond donors (Lipinski definition) is 3. The van der Waals surface area contributed by atoms with Gasteiger partial charge in [-0.05, 0) is 43.8 Å².